The van der Waals surface area contributed by atoms with E-state index >= 15 is 0 Å². The molecule has 2 aromatic heterocycles. The van der Waals surface area contributed by atoms with Gasteiger partial charge in [0.15, 0.2) is 5.82 Å². The molecular weight excluding hydrogens is 416 g/mol. The van der Waals surface area contributed by atoms with E-state index in [-0.39, 0.29) is 5.56 Å². The molecule has 0 radical (unpaired) electrons. The molecule has 0 unspecified atom stereocenters. The summed E-state index contributed by atoms with van der Waals surface area (Å²) < 4.78 is 7.72. The number of nitrogens with zero attached hydrogens (tertiary/aromatic N) is 5. The van der Waals surface area contributed by atoms with Crippen LogP contribution in [0.1, 0.15) is 82.1 Å². The smallest absolute Gasteiger partial charge is 0.252 e. The third-order valence-electron chi connectivity index (χ3n) is 7.24. The first kappa shape index (κ1) is 22.1. The van der Waals surface area contributed by atoms with Gasteiger partial charge in [0.05, 0.1) is 19.2 Å². The predicted molar refractivity (Wildman–Crippen MR) is 127 cm³/mol. The number of aromatic amines is 1. The van der Waals surface area contributed by atoms with Crippen molar-refractivity contribution in [2.24, 2.45) is 0 Å². The summed E-state index contributed by atoms with van der Waals surface area (Å²) in [6.45, 7) is 3.85. The van der Waals surface area contributed by atoms with E-state index in [0.29, 0.717) is 31.8 Å². The summed E-state index contributed by atoms with van der Waals surface area (Å²) >= 11 is 0. The molecule has 1 aromatic carbocycles. The van der Waals surface area contributed by atoms with Gasteiger partial charge in [-0.1, -0.05) is 32.1 Å². The van der Waals surface area contributed by atoms with Crippen molar-refractivity contribution in [3.63, 3.8) is 0 Å². The van der Waals surface area contributed by atoms with E-state index in [1.807, 2.05) is 31.2 Å². The monoisotopic (exact) mass is 450 g/mol. The van der Waals surface area contributed by atoms with Crippen LogP contribution in [0.2, 0.25) is 0 Å². The maximum atomic E-state index is 13.0. The lowest BCUT2D eigenvalue weighted by molar-refractivity contribution is 0.168. The zero-order valence-electron chi connectivity index (χ0n) is 19.5. The number of benzene rings is 1. The summed E-state index contributed by atoms with van der Waals surface area (Å²) in [7, 11) is 0. The highest BCUT2D eigenvalue weighted by Crippen LogP contribution is 2.30. The number of fused-ring (bicyclic) bond motifs is 1. The van der Waals surface area contributed by atoms with Crippen LogP contribution in [0.4, 0.5) is 0 Å². The van der Waals surface area contributed by atoms with Gasteiger partial charge in [-0.2, -0.15) is 0 Å². The molecule has 2 heterocycles. The first-order valence-corrected chi connectivity index (χ1v) is 12.5. The summed E-state index contributed by atoms with van der Waals surface area (Å²) in [5.41, 5.74) is 1.59. The Kier molecular flexibility index (Phi) is 6.71. The summed E-state index contributed by atoms with van der Waals surface area (Å²) in [5.74, 6) is 1.74. The van der Waals surface area contributed by atoms with Crippen molar-refractivity contribution >= 4 is 10.9 Å². The van der Waals surface area contributed by atoms with E-state index < -0.39 is 0 Å². The summed E-state index contributed by atoms with van der Waals surface area (Å²) in [4.78, 5) is 18.4. The van der Waals surface area contributed by atoms with E-state index in [2.05, 4.69) is 30.1 Å². The maximum absolute atomic E-state index is 13.0. The fraction of sp³-hybridized carbons (Fsp3) is 0.600. The molecule has 1 N–H and O–H groups in total. The van der Waals surface area contributed by atoms with Crippen molar-refractivity contribution in [1.29, 1.82) is 0 Å². The molecule has 8 nitrogen and oxygen atoms in total. The molecule has 3 aromatic rings. The Morgan fingerprint density at radius 1 is 1.06 bits per heavy atom. The first-order valence-electron chi connectivity index (χ1n) is 12.5. The van der Waals surface area contributed by atoms with Crippen molar-refractivity contribution < 1.29 is 4.74 Å². The van der Waals surface area contributed by atoms with Gasteiger partial charge < -0.3 is 9.72 Å². The number of nitrogens with one attached hydrogen (secondary N) is 1. The van der Waals surface area contributed by atoms with Crippen LogP contribution < -0.4 is 10.3 Å². The Balaban J connectivity index is 1.42. The van der Waals surface area contributed by atoms with Crippen LogP contribution in [-0.4, -0.2) is 42.7 Å². The topological polar surface area (TPSA) is 88.9 Å². The van der Waals surface area contributed by atoms with Crippen LogP contribution in [0, 0.1) is 0 Å². The number of hydrogen-bond donors (Lipinski definition) is 1. The molecule has 2 aliphatic rings. The molecular formula is C25H34N6O2. The van der Waals surface area contributed by atoms with Gasteiger partial charge in [-0.15, -0.1) is 5.10 Å². The number of aromatic nitrogens is 5. The fourth-order valence-electron chi connectivity index (χ4n) is 5.51. The Hall–Kier alpha value is -2.74. The first-order chi connectivity index (χ1) is 16.2. The third-order valence-corrected chi connectivity index (χ3v) is 7.24. The second-order valence-corrected chi connectivity index (χ2v) is 9.48. The molecule has 5 rings (SSSR count). The van der Waals surface area contributed by atoms with Gasteiger partial charge in [0.1, 0.15) is 5.75 Å². The van der Waals surface area contributed by atoms with Gasteiger partial charge in [-0.05, 0) is 67.3 Å². The second kappa shape index (κ2) is 10.0. The molecule has 2 aliphatic carbocycles. The number of H-pyrrole nitrogens is 1. The fourth-order valence-corrected chi connectivity index (χ4v) is 5.51. The van der Waals surface area contributed by atoms with E-state index in [9.17, 15) is 4.79 Å². The van der Waals surface area contributed by atoms with E-state index in [1.165, 1.54) is 32.1 Å². The van der Waals surface area contributed by atoms with Crippen molar-refractivity contribution in [2.75, 3.05) is 6.61 Å². The second-order valence-electron chi connectivity index (χ2n) is 9.48. The largest absolute Gasteiger partial charge is 0.494 e. The minimum Gasteiger partial charge on any atom is -0.494 e. The molecule has 0 atom stereocenters. The van der Waals surface area contributed by atoms with Crippen LogP contribution in [0.15, 0.2) is 29.1 Å². The summed E-state index contributed by atoms with van der Waals surface area (Å²) in [5, 5.41) is 13.8. The summed E-state index contributed by atoms with van der Waals surface area (Å²) in [6, 6.07) is 8.68. The summed E-state index contributed by atoms with van der Waals surface area (Å²) in [6.07, 6.45) is 10.9. The Morgan fingerprint density at radius 3 is 2.64 bits per heavy atom. The molecule has 2 fully saturated rings. The quantitative estimate of drug-likeness (QED) is 0.548. The average molecular weight is 451 g/mol. The van der Waals surface area contributed by atoms with E-state index in [1.54, 1.807) is 0 Å². The predicted octanol–water partition coefficient (Wildman–Crippen LogP) is 4.36. The SMILES string of the molecule is CCOc1ccc2[nH]c(=O)c(CN(Cc3nnnn3C3CCCCC3)C3CCCC3)cc2c1. The van der Waals surface area contributed by atoms with Crippen molar-refractivity contribution in [2.45, 2.75) is 89.9 Å². The molecule has 176 valence electrons. The molecule has 0 aliphatic heterocycles. The lowest BCUT2D eigenvalue weighted by atomic mass is 9.95. The lowest BCUT2D eigenvalue weighted by Crippen LogP contribution is -2.35. The minimum absolute atomic E-state index is 0.0264. The van der Waals surface area contributed by atoms with Crippen LogP contribution >= 0.6 is 0 Å². The molecule has 2 saturated carbocycles. The minimum atomic E-state index is -0.0264. The van der Waals surface area contributed by atoms with Gasteiger partial charge in [-0.3, -0.25) is 9.69 Å². The van der Waals surface area contributed by atoms with Gasteiger partial charge >= 0.3 is 0 Å². The van der Waals surface area contributed by atoms with Gasteiger partial charge in [0.2, 0.25) is 0 Å². The van der Waals surface area contributed by atoms with Crippen LogP contribution in [0.5, 0.6) is 5.75 Å². The Bertz CT molecular complexity index is 1130. The van der Waals surface area contributed by atoms with Crippen molar-refractivity contribution in [3.8, 4) is 5.75 Å². The standard InChI is InChI=1S/C25H34N6O2/c1-2-33-22-12-13-23-18(15-22)14-19(25(32)26-23)16-30(20-8-6-7-9-20)17-24-27-28-29-31(24)21-10-4-3-5-11-21/h12-15,20-21H,2-11,16-17H2,1H3,(H,26,32). The number of ether oxygens (including phenoxy) is 1. The van der Waals surface area contributed by atoms with E-state index in [0.717, 1.165) is 53.7 Å². The van der Waals surface area contributed by atoms with Crippen molar-refractivity contribution in [1.82, 2.24) is 30.1 Å². The normalized spacial score (nSPS) is 17.9. The highest BCUT2D eigenvalue weighted by atomic mass is 16.5. The van der Waals surface area contributed by atoms with Crippen LogP contribution in [0.3, 0.4) is 0 Å². The van der Waals surface area contributed by atoms with Gasteiger partial charge in [-0.25, -0.2) is 4.68 Å². The molecule has 0 bridgehead atoms. The molecule has 0 spiro atoms. The Morgan fingerprint density at radius 2 is 1.85 bits per heavy atom. The molecule has 0 amide bonds. The molecule has 8 heteroatoms. The maximum Gasteiger partial charge on any atom is 0.252 e. The highest BCUT2D eigenvalue weighted by Gasteiger charge is 2.27. The number of rotatable bonds is 8. The van der Waals surface area contributed by atoms with Crippen molar-refractivity contribution in [3.05, 3.63) is 46.0 Å². The zero-order chi connectivity index (χ0) is 22.6. The number of tetrazole rings is 1. The lowest BCUT2D eigenvalue weighted by Gasteiger charge is -2.29. The number of pyridine rings is 1. The van der Waals surface area contributed by atoms with Gasteiger partial charge in [0, 0.05) is 29.1 Å². The highest BCUT2D eigenvalue weighted by molar-refractivity contribution is 5.80. The number of hydrogen-bond acceptors (Lipinski definition) is 6. The molecule has 0 saturated heterocycles. The van der Waals surface area contributed by atoms with Crippen LogP contribution in [0.25, 0.3) is 10.9 Å². The van der Waals surface area contributed by atoms with E-state index in [4.69, 9.17) is 4.74 Å². The average Bonchev–Trinajstić information content (AvgIpc) is 3.52. The van der Waals surface area contributed by atoms with Crippen LogP contribution in [-0.2, 0) is 13.1 Å². The molecule has 33 heavy (non-hydrogen) atoms. The third kappa shape index (κ3) is 4.95. The van der Waals surface area contributed by atoms with Gasteiger partial charge in [0.25, 0.3) is 5.56 Å². The zero-order valence-corrected chi connectivity index (χ0v) is 19.5. The Labute approximate surface area is 194 Å².